The van der Waals surface area contributed by atoms with E-state index in [2.05, 4.69) is 4.98 Å². The van der Waals surface area contributed by atoms with Crippen LogP contribution >= 0.6 is 35.6 Å². The first-order chi connectivity index (χ1) is 11.9. The number of carboxylic acid groups (broad SMARTS) is 1. The van der Waals surface area contributed by atoms with Crippen molar-refractivity contribution in [3.05, 3.63) is 39.9 Å². The van der Waals surface area contributed by atoms with Crippen LogP contribution in [0.3, 0.4) is 0 Å². The van der Waals surface area contributed by atoms with E-state index in [1.807, 2.05) is 6.07 Å². The molecule has 1 amide bonds. The molecule has 25 heavy (non-hydrogen) atoms. The Morgan fingerprint density at radius 3 is 2.92 bits per heavy atom. The first-order valence-electron chi connectivity index (χ1n) is 7.00. The third kappa shape index (κ3) is 3.60. The molecule has 1 aliphatic rings. The van der Waals surface area contributed by atoms with Gasteiger partial charge in [-0.05, 0) is 30.3 Å². The van der Waals surface area contributed by atoms with Gasteiger partial charge >= 0.3 is 5.97 Å². The maximum absolute atomic E-state index is 12.3. The second-order valence-electron chi connectivity index (χ2n) is 5.09. The number of benzene rings is 1. The Kier molecular flexibility index (Phi) is 4.94. The van der Waals surface area contributed by atoms with Gasteiger partial charge in [0.1, 0.15) is 21.8 Å². The molecule has 1 N–H and O–H groups in total. The summed E-state index contributed by atoms with van der Waals surface area (Å²) in [5.74, 6) is -0.912. The van der Waals surface area contributed by atoms with E-state index in [0.29, 0.717) is 21.7 Å². The highest BCUT2D eigenvalue weighted by Gasteiger charge is 2.33. The van der Waals surface area contributed by atoms with Crippen molar-refractivity contribution in [3.8, 4) is 5.75 Å². The molecule has 6 nitrogen and oxygen atoms in total. The van der Waals surface area contributed by atoms with Crippen LogP contribution < -0.4 is 4.74 Å². The highest BCUT2D eigenvalue weighted by Crippen LogP contribution is 2.34. The van der Waals surface area contributed by atoms with Crippen molar-refractivity contribution in [1.29, 1.82) is 0 Å². The summed E-state index contributed by atoms with van der Waals surface area (Å²) in [4.78, 5) is 28.8. The molecule has 0 radical (unpaired) electrons. The molecule has 0 atom stereocenters. The molecule has 0 bridgehead atoms. The number of hydrogen-bond donors (Lipinski definition) is 1. The van der Waals surface area contributed by atoms with Crippen LogP contribution in [0.2, 0.25) is 5.15 Å². The topological polar surface area (TPSA) is 79.7 Å². The second kappa shape index (κ2) is 6.99. The number of methoxy groups -OCH3 is 1. The molecule has 2 aromatic rings. The minimum atomic E-state index is -1.13. The first-order valence-corrected chi connectivity index (χ1v) is 8.61. The Hall–Kier alpha value is -2.16. The van der Waals surface area contributed by atoms with E-state index in [1.54, 1.807) is 31.4 Å². The Bertz CT molecular complexity index is 945. The van der Waals surface area contributed by atoms with Gasteiger partial charge in [-0.15, -0.1) is 0 Å². The average Bonchev–Trinajstić information content (AvgIpc) is 2.82. The molecule has 2 heterocycles. The standard InChI is InChI=1S/C16H11ClN2O4S2/c1-23-10-2-3-11-8(5-10)4-9(14(17)18-11)6-12-15(22)19(7-13(20)21)16(24)25-12/h2-6H,7H2,1H3,(H,20,21). The molecule has 0 spiro atoms. The lowest BCUT2D eigenvalue weighted by atomic mass is 10.1. The third-order valence-electron chi connectivity index (χ3n) is 3.46. The van der Waals surface area contributed by atoms with Crippen molar-refractivity contribution in [2.45, 2.75) is 0 Å². The Morgan fingerprint density at radius 2 is 2.24 bits per heavy atom. The molecule has 128 valence electrons. The minimum absolute atomic E-state index is 0.199. The predicted molar refractivity (Wildman–Crippen MR) is 101 cm³/mol. The molecule has 0 aliphatic carbocycles. The number of pyridine rings is 1. The van der Waals surface area contributed by atoms with Gasteiger partial charge in [0.25, 0.3) is 5.91 Å². The molecule has 3 rings (SSSR count). The Balaban J connectivity index is 2.00. The van der Waals surface area contributed by atoms with Crippen molar-refractivity contribution in [2.24, 2.45) is 0 Å². The quantitative estimate of drug-likeness (QED) is 0.484. The van der Waals surface area contributed by atoms with Gasteiger partial charge in [-0.2, -0.15) is 0 Å². The fourth-order valence-corrected chi connectivity index (χ4v) is 3.73. The van der Waals surface area contributed by atoms with Crippen LogP contribution in [-0.2, 0) is 9.59 Å². The zero-order valence-electron chi connectivity index (χ0n) is 12.9. The van der Waals surface area contributed by atoms with E-state index in [-0.39, 0.29) is 9.47 Å². The van der Waals surface area contributed by atoms with Crippen LogP contribution in [0.1, 0.15) is 5.56 Å². The van der Waals surface area contributed by atoms with Gasteiger partial charge in [-0.25, -0.2) is 4.98 Å². The number of thiocarbonyl (C=S) groups is 1. The summed E-state index contributed by atoms with van der Waals surface area (Å²) < 4.78 is 5.39. The zero-order valence-corrected chi connectivity index (χ0v) is 15.2. The maximum atomic E-state index is 12.3. The highest BCUT2D eigenvalue weighted by molar-refractivity contribution is 8.26. The molecule has 0 unspecified atom stereocenters. The van der Waals surface area contributed by atoms with Crippen LogP contribution in [0.25, 0.3) is 17.0 Å². The number of aromatic nitrogens is 1. The summed E-state index contributed by atoms with van der Waals surface area (Å²) in [7, 11) is 1.57. The molecule has 1 aromatic carbocycles. The summed E-state index contributed by atoms with van der Waals surface area (Å²) in [6.07, 6.45) is 1.56. The van der Waals surface area contributed by atoms with Gasteiger partial charge in [0.15, 0.2) is 0 Å². The lowest BCUT2D eigenvalue weighted by Crippen LogP contribution is -2.33. The predicted octanol–water partition coefficient (Wildman–Crippen LogP) is 3.18. The van der Waals surface area contributed by atoms with E-state index >= 15 is 0 Å². The number of fused-ring (bicyclic) bond motifs is 1. The van der Waals surface area contributed by atoms with Gasteiger partial charge in [0.2, 0.25) is 0 Å². The Morgan fingerprint density at radius 1 is 1.48 bits per heavy atom. The fourth-order valence-electron chi connectivity index (χ4n) is 2.29. The van der Waals surface area contributed by atoms with Crippen LogP contribution in [-0.4, -0.2) is 44.8 Å². The summed E-state index contributed by atoms with van der Waals surface area (Å²) >= 11 is 12.3. The van der Waals surface area contributed by atoms with E-state index in [1.165, 1.54) is 0 Å². The molecule has 0 saturated carbocycles. The third-order valence-corrected chi connectivity index (χ3v) is 5.14. The summed E-state index contributed by atoms with van der Waals surface area (Å²) in [6.45, 7) is -0.469. The second-order valence-corrected chi connectivity index (χ2v) is 7.12. The molecular weight excluding hydrogens is 384 g/mol. The largest absolute Gasteiger partial charge is 0.497 e. The minimum Gasteiger partial charge on any atom is -0.497 e. The molecule has 1 fully saturated rings. The molecule has 9 heteroatoms. The summed E-state index contributed by atoms with van der Waals surface area (Å²) in [5.41, 5.74) is 1.24. The van der Waals surface area contributed by atoms with Gasteiger partial charge in [0, 0.05) is 10.9 Å². The van der Waals surface area contributed by atoms with E-state index in [9.17, 15) is 9.59 Å². The number of nitrogens with zero attached hydrogens (tertiary/aromatic N) is 2. The number of aliphatic carboxylic acids is 1. The van der Waals surface area contributed by atoms with Gasteiger partial charge in [-0.1, -0.05) is 35.6 Å². The monoisotopic (exact) mass is 394 g/mol. The number of carbonyl (C=O) groups is 2. The number of amides is 1. The van der Waals surface area contributed by atoms with Gasteiger partial charge in [0.05, 0.1) is 17.5 Å². The van der Waals surface area contributed by atoms with Crippen molar-refractivity contribution >= 4 is 68.8 Å². The summed E-state index contributed by atoms with van der Waals surface area (Å²) in [6, 6.07) is 7.17. The number of hydrogen-bond acceptors (Lipinski definition) is 6. The van der Waals surface area contributed by atoms with E-state index in [0.717, 1.165) is 22.0 Å². The van der Waals surface area contributed by atoms with Crippen LogP contribution in [0.5, 0.6) is 5.75 Å². The zero-order chi connectivity index (χ0) is 18.1. The number of rotatable bonds is 4. The number of thioether (sulfide) groups is 1. The van der Waals surface area contributed by atoms with Crippen LogP contribution in [0.4, 0.5) is 0 Å². The maximum Gasteiger partial charge on any atom is 0.323 e. The van der Waals surface area contributed by atoms with Crippen molar-refractivity contribution in [3.63, 3.8) is 0 Å². The van der Waals surface area contributed by atoms with Crippen molar-refractivity contribution in [1.82, 2.24) is 9.88 Å². The lowest BCUT2D eigenvalue weighted by molar-refractivity contribution is -0.140. The molecule has 1 aliphatic heterocycles. The average molecular weight is 395 g/mol. The van der Waals surface area contributed by atoms with E-state index in [4.69, 9.17) is 33.7 Å². The molecular formula is C16H11ClN2O4S2. The van der Waals surface area contributed by atoms with Gasteiger partial charge in [-0.3, -0.25) is 14.5 Å². The normalized spacial score (nSPS) is 16.1. The Labute approximate surface area is 157 Å². The SMILES string of the molecule is COc1ccc2nc(Cl)c(C=C3SC(=S)N(CC(=O)O)C3=O)cc2c1. The number of carbonyl (C=O) groups excluding carboxylic acids is 1. The summed E-state index contributed by atoms with van der Waals surface area (Å²) in [5, 5.41) is 9.91. The van der Waals surface area contributed by atoms with Crippen LogP contribution in [0, 0.1) is 0 Å². The lowest BCUT2D eigenvalue weighted by Gasteiger charge is -2.10. The number of carboxylic acids is 1. The van der Waals surface area contributed by atoms with Crippen molar-refractivity contribution in [2.75, 3.05) is 13.7 Å². The van der Waals surface area contributed by atoms with Gasteiger partial charge < -0.3 is 9.84 Å². The van der Waals surface area contributed by atoms with Crippen molar-refractivity contribution < 1.29 is 19.4 Å². The first kappa shape index (κ1) is 17.7. The number of ether oxygens (including phenoxy) is 1. The van der Waals surface area contributed by atoms with Crippen LogP contribution in [0.15, 0.2) is 29.2 Å². The van der Waals surface area contributed by atoms with E-state index < -0.39 is 18.4 Å². The fraction of sp³-hybridized carbons (Fsp3) is 0.125. The number of halogens is 1. The molecule has 1 aromatic heterocycles. The smallest absolute Gasteiger partial charge is 0.323 e. The highest BCUT2D eigenvalue weighted by atomic mass is 35.5. The molecule has 1 saturated heterocycles.